The van der Waals surface area contributed by atoms with Crippen LogP contribution in [-0.4, -0.2) is 10.2 Å². The van der Waals surface area contributed by atoms with Gasteiger partial charge < -0.3 is 5.73 Å². The lowest BCUT2D eigenvalue weighted by Crippen LogP contribution is -2.11. The highest BCUT2D eigenvalue weighted by atomic mass is 32.2. The lowest BCUT2D eigenvalue weighted by atomic mass is 10.0. The molecule has 0 spiro atoms. The van der Waals surface area contributed by atoms with Gasteiger partial charge in [0.1, 0.15) is 5.17 Å². The van der Waals surface area contributed by atoms with E-state index < -0.39 is 22.6 Å². The van der Waals surface area contributed by atoms with Gasteiger partial charge in [0.05, 0.1) is 5.56 Å². The van der Waals surface area contributed by atoms with Crippen LogP contribution < -0.4 is 5.73 Å². The summed E-state index contributed by atoms with van der Waals surface area (Å²) in [5.41, 5.74) is 5.60. The average molecular weight is 323 g/mol. The van der Waals surface area contributed by atoms with Gasteiger partial charge in [-0.1, -0.05) is 12.1 Å². The number of aliphatic imine (C=N–C) groups is 1. The lowest BCUT2D eigenvalue weighted by molar-refractivity contribution is -0.137. The van der Waals surface area contributed by atoms with E-state index in [1.165, 1.54) is 24.7 Å². The van der Waals surface area contributed by atoms with Gasteiger partial charge in [0.25, 0.3) is 0 Å². The predicted octanol–water partition coefficient (Wildman–Crippen LogP) is 3.93. The number of amidine groups is 1. The Bertz CT molecular complexity index is 754. The zero-order valence-electron chi connectivity index (χ0n) is 11.2. The summed E-state index contributed by atoms with van der Waals surface area (Å²) in [6.07, 6.45) is 0.0188. The number of aromatic nitrogens is 1. The minimum Gasteiger partial charge on any atom is -0.379 e. The van der Waals surface area contributed by atoms with Crippen LogP contribution in [0.15, 0.2) is 64.2 Å². The molecule has 1 aliphatic rings. The Balaban J connectivity index is 2.13. The van der Waals surface area contributed by atoms with E-state index in [9.17, 15) is 13.2 Å². The fourth-order valence-corrected chi connectivity index (χ4v) is 3.71. The molecule has 2 aromatic rings. The number of nitrogens with two attached hydrogens (primary N) is 1. The third kappa shape index (κ3) is 2.71. The van der Waals surface area contributed by atoms with Gasteiger partial charge in [0.2, 0.25) is 0 Å². The summed E-state index contributed by atoms with van der Waals surface area (Å²) in [7, 11) is -1.11. The van der Waals surface area contributed by atoms with E-state index in [2.05, 4.69) is 9.98 Å². The molecule has 0 saturated carbocycles. The molecule has 0 saturated heterocycles. The molecule has 0 aliphatic carbocycles. The average Bonchev–Trinajstić information content (AvgIpc) is 2.93. The van der Waals surface area contributed by atoms with E-state index in [1.807, 2.05) is 0 Å². The van der Waals surface area contributed by atoms with E-state index in [0.29, 0.717) is 15.6 Å². The Hall–Kier alpha value is -2.28. The third-order valence-electron chi connectivity index (χ3n) is 3.23. The summed E-state index contributed by atoms with van der Waals surface area (Å²) in [5, 5.41) is 2.10. The van der Waals surface area contributed by atoms with Crippen LogP contribution in [-0.2, 0) is 6.18 Å². The zero-order chi connectivity index (χ0) is 15.7. The Morgan fingerprint density at radius 2 is 1.95 bits per heavy atom. The minimum absolute atomic E-state index is 0.109. The maximum absolute atomic E-state index is 13.4. The summed E-state index contributed by atoms with van der Waals surface area (Å²) >= 11 is 0. The number of halogens is 3. The third-order valence-corrected chi connectivity index (χ3v) is 5.10. The fourth-order valence-electron chi connectivity index (χ4n) is 2.22. The first kappa shape index (κ1) is 14.6. The van der Waals surface area contributed by atoms with Gasteiger partial charge in [-0.15, -0.1) is 10.9 Å². The van der Waals surface area contributed by atoms with Crippen LogP contribution in [0, 0.1) is 0 Å². The Morgan fingerprint density at radius 1 is 1.14 bits per heavy atom. The Morgan fingerprint density at radius 3 is 2.55 bits per heavy atom. The topological polar surface area (TPSA) is 51.3 Å². The molecule has 1 unspecified atom stereocenters. The molecule has 1 atom stereocenters. The number of alkyl halides is 3. The van der Waals surface area contributed by atoms with Crippen molar-refractivity contribution in [3.05, 3.63) is 59.9 Å². The van der Waals surface area contributed by atoms with Gasteiger partial charge in [-0.25, -0.2) is 4.99 Å². The molecule has 0 fully saturated rings. The number of thiol groups is 1. The Labute approximate surface area is 127 Å². The summed E-state index contributed by atoms with van der Waals surface area (Å²) in [4.78, 5) is 8.33. The van der Waals surface area contributed by atoms with Gasteiger partial charge in [0, 0.05) is 24.2 Å². The molecule has 0 amide bonds. The van der Waals surface area contributed by atoms with E-state index in [-0.39, 0.29) is 5.56 Å². The van der Waals surface area contributed by atoms with Crippen LogP contribution in [0.2, 0.25) is 0 Å². The van der Waals surface area contributed by atoms with Crippen molar-refractivity contribution in [1.29, 1.82) is 0 Å². The van der Waals surface area contributed by atoms with Crippen LogP contribution in [0.25, 0.3) is 11.1 Å². The second kappa shape index (κ2) is 5.49. The monoisotopic (exact) mass is 323 g/mol. The largest absolute Gasteiger partial charge is 0.417 e. The van der Waals surface area contributed by atoms with Crippen LogP contribution >= 0.6 is 10.9 Å². The van der Waals surface area contributed by atoms with Gasteiger partial charge in [-0.3, -0.25) is 4.98 Å². The fraction of sp³-hybridized carbons (Fsp3) is 0.0667. The maximum atomic E-state index is 13.4. The lowest BCUT2D eigenvalue weighted by Gasteiger charge is -2.18. The van der Waals surface area contributed by atoms with Crippen LogP contribution in [0.3, 0.4) is 0 Å². The highest BCUT2D eigenvalue weighted by Crippen LogP contribution is 2.45. The van der Waals surface area contributed by atoms with Crippen molar-refractivity contribution in [2.45, 2.75) is 11.1 Å². The summed E-state index contributed by atoms with van der Waals surface area (Å²) < 4.78 is 40.2. The smallest absolute Gasteiger partial charge is 0.379 e. The van der Waals surface area contributed by atoms with Gasteiger partial charge in [-0.2, -0.15) is 13.2 Å². The molecule has 0 bridgehead atoms. The highest BCUT2D eigenvalue weighted by molar-refractivity contribution is 8.32. The molecular formula is C15H12F3N3S. The van der Waals surface area contributed by atoms with E-state index in [0.717, 1.165) is 6.07 Å². The first-order valence-corrected chi connectivity index (χ1v) is 7.79. The molecule has 3 rings (SSSR count). The first-order chi connectivity index (χ1) is 10.5. The molecule has 2 N–H and O–H groups in total. The molecular weight excluding hydrogens is 311 g/mol. The number of benzene rings is 1. The number of nitrogens with zero attached hydrogens (tertiary/aromatic N) is 2. The summed E-state index contributed by atoms with van der Waals surface area (Å²) in [6.45, 7) is 0. The van der Waals surface area contributed by atoms with Crippen molar-refractivity contribution in [3.63, 3.8) is 0 Å². The van der Waals surface area contributed by atoms with Crippen molar-refractivity contribution >= 4 is 16.1 Å². The molecule has 3 nitrogen and oxygen atoms in total. The SMILES string of the molecule is NC1=NC=C[SH]1c1ccc(-c2cccnc2)c(C(F)(F)F)c1. The number of hydrogen-bond donors (Lipinski definition) is 2. The van der Waals surface area contributed by atoms with E-state index >= 15 is 0 Å². The minimum atomic E-state index is -4.45. The van der Waals surface area contributed by atoms with Crippen molar-refractivity contribution in [2.24, 2.45) is 10.7 Å². The molecule has 0 radical (unpaired) electrons. The summed E-state index contributed by atoms with van der Waals surface area (Å²) in [5.74, 6) is 0. The zero-order valence-corrected chi connectivity index (χ0v) is 12.1. The van der Waals surface area contributed by atoms with Gasteiger partial charge >= 0.3 is 6.18 Å². The standard InChI is InChI=1S/C15H12F3N3S/c16-15(17,18)13-8-11(22-7-6-21-14(22)19)3-4-12(13)10-2-1-5-20-9-10/h1-9,22H,(H2,19,21). The molecule has 2 heterocycles. The van der Waals surface area contributed by atoms with Crippen molar-refractivity contribution in [1.82, 2.24) is 4.98 Å². The number of rotatable bonds is 2. The van der Waals surface area contributed by atoms with Crippen molar-refractivity contribution in [2.75, 3.05) is 0 Å². The normalized spacial score (nSPS) is 19.2. The highest BCUT2D eigenvalue weighted by Gasteiger charge is 2.34. The van der Waals surface area contributed by atoms with Gasteiger partial charge in [-0.05, 0) is 34.1 Å². The molecule has 1 aromatic carbocycles. The van der Waals surface area contributed by atoms with Crippen molar-refractivity contribution < 1.29 is 13.2 Å². The molecule has 114 valence electrons. The number of hydrogen-bond acceptors (Lipinski definition) is 3. The second-order valence-electron chi connectivity index (χ2n) is 4.62. The first-order valence-electron chi connectivity index (χ1n) is 6.37. The van der Waals surface area contributed by atoms with Gasteiger partial charge in [0.15, 0.2) is 0 Å². The quantitative estimate of drug-likeness (QED) is 0.823. The second-order valence-corrected chi connectivity index (χ2v) is 6.64. The van der Waals surface area contributed by atoms with E-state index in [1.54, 1.807) is 23.6 Å². The molecule has 1 aliphatic heterocycles. The van der Waals surface area contributed by atoms with Crippen LogP contribution in [0.4, 0.5) is 13.2 Å². The maximum Gasteiger partial charge on any atom is 0.417 e. The molecule has 7 heteroatoms. The van der Waals surface area contributed by atoms with Crippen LogP contribution in [0.1, 0.15) is 5.56 Å². The van der Waals surface area contributed by atoms with E-state index in [4.69, 9.17) is 5.73 Å². The summed E-state index contributed by atoms with van der Waals surface area (Å²) in [6, 6.07) is 7.51. The predicted molar refractivity (Wildman–Crippen MR) is 82.7 cm³/mol. The van der Waals surface area contributed by atoms with Crippen LogP contribution in [0.5, 0.6) is 0 Å². The molecule has 1 aromatic heterocycles. The van der Waals surface area contributed by atoms with Crippen molar-refractivity contribution in [3.8, 4) is 11.1 Å². The molecule has 22 heavy (non-hydrogen) atoms. The Kier molecular flexibility index (Phi) is 3.66. The number of pyridine rings is 1.